The van der Waals surface area contributed by atoms with E-state index in [0.29, 0.717) is 0 Å². The third kappa shape index (κ3) is 6.00. The predicted octanol–water partition coefficient (Wildman–Crippen LogP) is -0.677. The van der Waals surface area contributed by atoms with Gasteiger partial charge in [0.2, 0.25) is 0 Å². The summed E-state index contributed by atoms with van der Waals surface area (Å²) in [6, 6.07) is 3.80. The van der Waals surface area contributed by atoms with Crippen LogP contribution < -0.4 is 28.7 Å². The molecule has 1 aromatic rings. The van der Waals surface area contributed by atoms with Crippen LogP contribution in [0.3, 0.4) is 0 Å². The molecular formula is C11H18BrIN2O. The summed E-state index contributed by atoms with van der Waals surface area (Å²) >= 11 is 3.29. The number of aromatic nitrogens is 1. The molecule has 0 spiro atoms. The van der Waals surface area contributed by atoms with E-state index >= 15 is 0 Å². The van der Waals surface area contributed by atoms with Crippen LogP contribution in [0.25, 0.3) is 0 Å². The van der Waals surface area contributed by atoms with Gasteiger partial charge in [-0.25, -0.2) is 4.98 Å². The maximum absolute atomic E-state index is 5.60. The fourth-order valence-electron chi connectivity index (χ4n) is 1.02. The summed E-state index contributed by atoms with van der Waals surface area (Å²) in [5.74, 6) is 0.828. The maximum atomic E-state index is 5.60. The molecule has 0 amide bonds. The zero-order valence-corrected chi connectivity index (χ0v) is 13.7. The number of pyridine rings is 1. The highest BCUT2D eigenvalue weighted by Crippen LogP contribution is 2.12. The molecule has 92 valence electrons. The number of rotatable bonds is 5. The molecule has 0 saturated heterocycles. The van der Waals surface area contributed by atoms with E-state index < -0.39 is 0 Å². The first-order valence-corrected chi connectivity index (χ1v) is 5.89. The van der Waals surface area contributed by atoms with Gasteiger partial charge in [0.25, 0.3) is 0 Å². The van der Waals surface area contributed by atoms with Gasteiger partial charge in [0.15, 0.2) is 0 Å². The smallest absolute Gasteiger partial charge is 0.138 e. The summed E-state index contributed by atoms with van der Waals surface area (Å²) in [7, 11) is 4.40. The third-order valence-corrected chi connectivity index (χ3v) is 2.99. The van der Waals surface area contributed by atoms with Crippen molar-refractivity contribution in [1.29, 1.82) is 0 Å². The van der Waals surface area contributed by atoms with Gasteiger partial charge in [0, 0.05) is 0 Å². The van der Waals surface area contributed by atoms with Gasteiger partial charge in [-0.15, -0.1) is 0 Å². The van der Waals surface area contributed by atoms with Crippen molar-refractivity contribution < 1.29 is 33.2 Å². The van der Waals surface area contributed by atoms with Gasteiger partial charge in [-0.2, -0.15) is 0 Å². The van der Waals surface area contributed by atoms with Gasteiger partial charge < -0.3 is 33.2 Å². The lowest BCUT2D eigenvalue weighted by Crippen LogP contribution is -3.00. The Morgan fingerprint density at radius 3 is 2.56 bits per heavy atom. The van der Waals surface area contributed by atoms with Crippen LogP contribution in [0.2, 0.25) is 0 Å². The zero-order chi connectivity index (χ0) is 11.3. The standard InChI is InChI=1S/C11H18BrN2O.HI/c1-4-14(2,3)7-8-15-10-5-6-11(12)13-9-10;/h5-6,9H,4,7-8H2,1-3H3;1H/q+1;/p-1. The Morgan fingerprint density at radius 2 is 2.06 bits per heavy atom. The van der Waals surface area contributed by atoms with E-state index in [2.05, 4.69) is 41.9 Å². The van der Waals surface area contributed by atoms with Crippen LogP contribution in [0.15, 0.2) is 22.9 Å². The van der Waals surface area contributed by atoms with Crippen LogP contribution >= 0.6 is 15.9 Å². The minimum atomic E-state index is 0. The number of likely N-dealkylation sites (N-methyl/N-ethyl adjacent to an activating group) is 1. The van der Waals surface area contributed by atoms with Crippen LogP contribution in [0.5, 0.6) is 5.75 Å². The Balaban J connectivity index is 0.00000225. The Morgan fingerprint density at radius 1 is 1.38 bits per heavy atom. The highest BCUT2D eigenvalue weighted by atomic mass is 127. The maximum Gasteiger partial charge on any atom is 0.138 e. The fraction of sp³-hybridized carbons (Fsp3) is 0.545. The molecule has 0 N–H and O–H groups in total. The van der Waals surface area contributed by atoms with E-state index in [9.17, 15) is 0 Å². The van der Waals surface area contributed by atoms with Crippen molar-refractivity contribution in [3.63, 3.8) is 0 Å². The molecule has 3 nitrogen and oxygen atoms in total. The largest absolute Gasteiger partial charge is 1.00 e. The summed E-state index contributed by atoms with van der Waals surface area (Å²) in [4.78, 5) is 4.10. The van der Waals surface area contributed by atoms with E-state index in [-0.39, 0.29) is 24.0 Å². The molecule has 0 saturated carbocycles. The minimum Gasteiger partial charge on any atom is -1.00 e. The fourth-order valence-corrected chi connectivity index (χ4v) is 1.25. The van der Waals surface area contributed by atoms with Crippen molar-refractivity contribution in [3.05, 3.63) is 22.9 Å². The number of hydrogen-bond donors (Lipinski definition) is 0. The number of hydrogen-bond acceptors (Lipinski definition) is 2. The van der Waals surface area contributed by atoms with E-state index in [1.807, 2.05) is 12.1 Å². The number of quaternary nitrogens is 1. The summed E-state index contributed by atoms with van der Waals surface area (Å²) < 4.78 is 7.41. The second-order valence-electron chi connectivity index (χ2n) is 4.14. The average Bonchev–Trinajstić information content (AvgIpc) is 2.21. The van der Waals surface area contributed by atoms with E-state index in [4.69, 9.17) is 4.74 Å². The second kappa shape index (κ2) is 7.45. The first kappa shape index (κ1) is 16.1. The Kier molecular flexibility index (Phi) is 7.50. The van der Waals surface area contributed by atoms with Crippen molar-refractivity contribution >= 4 is 15.9 Å². The van der Waals surface area contributed by atoms with Gasteiger partial charge in [-0.05, 0) is 35.0 Å². The molecule has 0 fully saturated rings. The van der Waals surface area contributed by atoms with Crippen molar-refractivity contribution in [2.75, 3.05) is 33.8 Å². The molecular weight excluding hydrogens is 383 g/mol. The normalized spacial score (nSPS) is 10.8. The van der Waals surface area contributed by atoms with E-state index in [0.717, 1.165) is 34.5 Å². The molecule has 0 aliphatic carbocycles. The van der Waals surface area contributed by atoms with Crippen molar-refractivity contribution in [1.82, 2.24) is 4.98 Å². The third-order valence-electron chi connectivity index (χ3n) is 2.52. The molecule has 1 rings (SSSR count). The molecule has 1 heterocycles. The number of nitrogens with zero attached hydrogens (tertiary/aromatic N) is 2. The van der Waals surface area contributed by atoms with E-state index in [1.54, 1.807) is 6.20 Å². The van der Waals surface area contributed by atoms with Crippen LogP contribution in [0.1, 0.15) is 6.92 Å². The first-order valence-electron chi connectivity index (χ1n) is 5.10. The zero-order valence-electron chi connectivity index (χ0n) is 9.91. The lowest BCUT2D eigenvalue weighted by molar-refractivity contribution is -0.888. The quantitative estimate of drug-likeness (QED) is 0.371. The van der Waals surface area contributed by atoms with Crippen molar-refractivity contribution in [2.45, 2.75) is 6.92 Å². The van der Waals surface area contributed by atoms with E-state index in [1.165, 1.54) is 0 Å². The summed E-state index contributed by atoms with van der Waals surface area (Å²) in [5.41, 5.74) is 0. The Hall–Kier alpha value is 0.120. The summed E-state index contributed by atoms with van der Waals surface area (Å²) in [5, 5.41) is 0. The SMILES string of the molecule is CC[N+](C)(C)CCOc1ccc(Br)nc1.[I-]. The van der Waals surface area contributed by atoms with Gasteiger partial charge >= 0.3 is 0 Å². The predicted molar refractivity (Wildman–Crippen MR) is 64.9 cm³/mol. The van der Waals surface area contributed by atoms with Crippen LogP contribution in [0.4, 0.5) is 0 Å². The summed E-state index contributed by atoms with van der Waals surface area (Å²) in [6.45, 7) is 5.03. The van der Waals surface area contributed by atoms with Crippen LogP contribution in [0, 0.1) is 0 Å². The van der Waals surface area contributed by atoms with Crippen LogP contribution in [-0.2, 0) is 0 Å². The van der Waals surface area contributed by atoms with Gasteiger partial charge in [-0.3, -0.25) is 0 Å². The van der Waals surface area contributed by atoms with Gasteiger partial charge in [-0.1, -0.05) is 0 Å². The molecule has 0 bridgehead atoms. The Bertz CT molecular complexity index is 303. The number of ether oxygens (including phenoxy) is 1. The molecule has 0 radical (unpaired) electrons. The molecule has 16 heavy (non-hydrogen) atoms. The van der Waals surface area contributed by atoms with Crippen molar-refractivity contribution in [3.8, 4) is 5.75 Å². The lowest BCUT2D eigenvalue weighted by atomic mass is 10.4. The molecule has 0 aliphatic rings. The first-order chi connectivity index (χ1) is 7.03. The van der Waals surface area contributed by atoms with Crippen LogP contribution in [-0.4, -0.2) is 43.3 Å². The topological polar surface area (TPSA) is 22.1 Å². The van der Waals surface area contributed by atoms with Gasteiger partial charge in [0.05, 0.1) is 26.8 Å². The minimum absolute atomic E-state index is 0. The van der Waals surface area contributed by atoms with Crippen molar-refractivity contribution in [2.24, 2.45) is 0 Å². The molecule has 5 heteroatoms. The second-order valence-corrected chi connectivity index (χ2v) is 4.95. The monoisotopic (exact) mass is 400 g/mol. The Labute approximate surface area is 123 Å². The molecule has 0 aliphatic heterocycles. The molecule has 0 unspecified atom stereocenters. The molecule has 0 aromatic carbocycles. The lowest BCUT2D eigenvalue weighted by Gasteiger charge is -2.27. The number of halogens is 2. The molecule has 1 aromatic heterocycles. The molecule has 0 atom stereocenters. The highest BCUT2D eigenvalue weighted by molar-refractivity contribution is 9.10. The highest BCUT2D eigenvalue weighted by Gasteiger charge is 2.11. The average molecular weight is 401 g/mol. The summed E-state index contributed by atoms with van der Waals surface area (Å²) in [6.07, 6.45) is 1.73. The van der Waals surface area contributed by atoms with Gasteiger partial charge in [0.1, 0.15) is 23.5 Å².